The van der Waals surface area contributed by atoms with Gasteiger partial charge in [0.15, 0.2) is 22.5 Å². The molecule has 0 saturated carbocycles. The molecule has 370 valence electrons. The molecule has 0 atom stereocenters. The molecule has 10 rings (SSSR count). The lowest BCUT2D eigenvalue weighted by atomic mass is 9.89. The fourth-order valence-corrected chi connectivity index (χ4v) is 9.01. The Morgan fingerprint density at radius 3 is 1.38 bits per heavy atom. The summed E-state index contributed by atoms with van der Waals surface area (Å²) in [5.41, 5.74) is 3.46. The Bertz CT molecular complexity index is 3580. The van der Waals surface area contributed by atoms with Crippen LogP contribution in [0.25, 0.3) is 44.2 Å². The van der Waals surface area contributed by atoms with Gasteiger partial charge in [0.25, 0.3) is 0 Å². The average molecular weight is 1020 g/mol. The number of fused-ring (bicyclic) bond motifs is 2. The van der Waals surface area contributed by atoms with Gasteiger partial charge in [0.1, 0.15) is 34.1 Å². The molecular formula is C59H50Cl2F2N4O6. The molecule has 4 aromatic carbocycles. The second-order valence-electron chi connectivity index (χ2n) is 18.8. The Morgan fingerprint density at radius 2 is 0.986 bits per heavy atom. The highest BCUT2D eigenvalue weighted by atomic mass is 35.5. The van der Waals surface area contributed by atoms with Crippen molar-refractivity contribution in [2.75, 3.05) is 26.2 Å². The Morgan fingerprint density at radius 1 is 0.575 bits per heavy atom. The number of halogens is 4. The largest absolute Gasteiger partial charge is 0.459 e. The highest BCUT2D eigenvalue weighted by Gasteiger charge is 2.31. The molecule has 2 fully saturated rings. The molecule has 0 amide bonds. The highest BCUT2D eigenvalue weighted by Crippen LogP contribution is 2.28. The lowest BCUT2D eigenvalue weighted by molar-refractivity contribution is -0.0268. The minimum atomic E-state index is -0.630. The highest BCUT2D eigenvalue weighted by molar-refractivity contribution is 6.31. The van der Waals surface area contributed by atoms with Crippen LogP contribution in [-0.2, 0) is 13.1 Å². The van der Waals surface area contributed by atoms with Crippen molar-refractivity contribution in [3.63, 3.8) is 0 Å². The van der Waals surface area contributed by atoms with Crippen molar-refractivity contribution >= 4 is 45.1 Å². The van der Waals surface area contributed by atoms with Crippen LogP contribution in [0.1, 0.15) is 80.0 Å². The van der Waals surface area contributed by atoms with Crippen molar-refractivity contribution in [3.8, 4) is 45.9 Å². The summed E-state index contributed by atoms with van der Waals surface area (Å²) >= 11 is 11.8. The molecule has 2 aliphatic heterocycles. The summed E-state index contributed by atoms with van der Waals surface area (Å²) in [6.07, 6.45) is 6.67. The molecule has 0 radical (unpaired) electrons. The van der Waals surface area contributed by atoms with Gasteiger partial charge in [-0.25, -0.2) is 18.7 Å². The second kappa shape index (κ2) is 22.0. The van der Waals surface area contributed by atoms with E-state index >= 15 is 0 Å². The van der Waals surface area contributed by atoms with E-state index in [1.807, 2.05) is 13.8 Å². The number of rotatable bonds is 7. The van der Waals surface area contributed by atoms with Crippen LogP contribution < -0.4 is 10.9 Å². The maximum atomic E-state index is 14.7. The van der Waals surface area contributed by atoms with E-state index in [1.54, 1.807) is 97.3 Å². The first-order valence-electron chi connectivity index (χ1n) is 24.0. The van der Waals surface area contributed by atoms with E-state index in [-0.39, 0.29) is 22.2 Å². The molecule has 10 nitrogen and oxygen atoms in total. The zero-order valence-electron chi connectivity index (χ0n) is 40.2. The zero-order chi connectivity index (χ0) is 51.3. The summed E-state index contributed by atoms with van der Waals surface area (Å²) in [6.45, 7) is 7.88. The second-order valence-corrected chi connectivity index (χ2v) is 19.7. The van der Waals surface area contributed by atoms with E-state index in [9.17, 15) is 28.6 Å². The summed E-state index contributed by atoms with van der Waals surface area (Å²) in [6, 6.07) is 30.1. The average Bonchev–Trinajstić information content (AvgIpc) is 3.38. The van der Waals surface area contributed by atoms with Gasteiger partial charge in [-0.05, 0) is 135 Å². The van der Waals surface area contributed by atoms with Gasteiger partial charge >= 0.3 is 0 Å². The molecule has 2 N–H and O–H groups in total. The molecule has 73 heavy (non-hydrogen) atoms. The van der Waals surface area contributed by atoms with Crippen LogP contribution in [0.4, 0.5) is 8.78 Å². The van der Waals surface area contributed by atoms with Gasteiger partial charge in [-0.3, -0.25) is 19.4 Å². The summed E-state index contributed by atoms with van der Waals surface area (Å²) in [5, 5.41) is 22.6. The number of likely N-dealkylation sites (tertiary alicyclic amines) is 2. The van der Waals surface area contributed by atoms with Crippen molar-refractivity contribution in [3.05, 3.63) is 198 Å². The Hall–Kier alpha value is -7.00. The van der Waals surface area contributed by atoms with Crippen molar-refractivity contribution < 1.29 is 27.8 Å². The summed E-state index contributed by atoms with van der Waals surface area (Å²) < 4.78 is 41.3. The first kappa shape index (κ1) is 50.9. The quantitative estimate of drug-likeness (QED) is 0.149. The number of aromatic nitrogens is 2. The standard InChI is InChI=1S/C30H26ClFN2O3.C29H24ClFN2O3/c1-2-30(36)11-13-34(14-12-30)19-24-17-28(35)25-15-20(4-10-29(25)37-24)3-9-27-26(32)16-22(18-33-27)21-5-7-23(31)8-6-21;1-29(35)10-12-33(13-11-29)18-23-16-27(34)24-14-19(3-9-28(24)36-23)2-8-26-25(31)15-21(17-32-26)20-4-6-22(30)7-5-20/h4-8,10,15-18,36H,2,11-14,19H2,1H3;3-7,9,14-17,35H,10-13,18H2,1H3. The van der Waals surface area contributed by atoms with Gasteiger partial charge in [0, 0.05) is 83.0 Å². The third-order valence-corrected chi connectivity index (χ3v) is 13.9. The lowest BCUT2D eigenvalue weighted by Gasteiger charge is -2.37. The van der Waals surface area contributed by atoms with E-state index in [0.717, 1.165) is 43.7 Å². The summed E-state index contributed by atoms with van der Waals surface area (Å²) in [7, 11) is 0. The predicted molar refractivity (Wildman–Crippen MR) is 281 cm³/mol. The van der Waals surface area contributed by atoms with Gasteiger partial charge in [-0.15, -0.1) is 0 Å². The van der Waals surface area contributed by atoms with Crippen LogP contribution in [0.2, 0.25) is 10.0 Å². The number of nitrogens with zero attached hydrogens (tertiary/aromatic N) is 4. The van der Waals surface area contributed by atoms with Gasteiger partial charge in [0.05, 0.1) is 35.1 Å². The monoisotopic (exact) mass is 1020 g/mol. The number of hydrogen-bond acceptors (Lipinski definition) is 10. The van der Waals surface area contributed by atoms with Gasteiger partial charge in [-0.1, -0.05) is 66.2 Å². The van der Waals surface area contributed by atoms with Crippen LogP contribution in [-0.4, -0.2) is 67.4 Å². The van der Waals surface area contributed by atoms with Gasteiger partial charge in [0.2, 0.25) is 0 Å². The normalized spacial score (nSPS) is 15.4. The molecule has 2 aliphatic rings. The van der Waals surface area contributed by atoms with Crippen molar-refractivity contribution in [1.82, 2.24) is 19.8 Å². The van der Waals surface area contributed by atoms with Crippen molar-refractivity contribution in [2.24, 2.45) is 0 Å². The number of benzene rings is 4. The molecule has 0 unspecified atom stereocenters. The third-order valence-electron chi connectivity index (χ3n) is 13.4. The van der Waals surface area contributed by atoms with Crippen LogP contribution >= 0.6 is 23.2 Å². The molecule has 8 aromatic rings. The smallest absolute Gasteiger partial charge is 0.193 e. The van der Waals surface area contributed by atoms with Gasteiger partial charge < -0.3 is 19.0 Å². The van der Waals surface area contributed by atoms with E-state index in [0.29, 0.717) is 105 Å². The number of pyridine rings is 2. The first-order chi connectivity index (χ1) is 35.1. The maximum Gasteiger partial charge on any atom is 0.193 e. The maximum absolute atomic E-state index is 14.7. The van der Waals surface area contributed by atoms with Crippen molar-refractivity contribution in [1.29, 1.82) is 0 Å². The minimum Gasteiger partial charge on any atom is -0.459 e. The minimum absolute atomic E-state index is 0.0238. The third kappa shape index (κ3) is 12.8. The predicted octanol–water partition coefficient (Wildman–Crippen LogP) is 11.2. The van der Waals surface area contributed by atoms with Crippen LogP contribution in [0.3, 0.4) is 0 Å². The first-order valence-corrected chi connectivity index (χ1v) is 24.7. The van der Waals surface area contributed by atoms with E-state index in [2.05, 4.69) is 43.4 Å². The molecule has 0 aliphatic carbocycles. The van der Waals surface area contributed by atoms with Crippen molar-refractivity contribution in [2.45, 2.75) is 70.2 Å². The molecule has 6 heterocycles. The Labute approximate surface area is 430 Å². The molecule has 0 spiro atoms. The summed E-state index contributed by atoms with van der Waals surface area (Å²) in [5.74, 6) is 11.4. The summed E-state index contributed by atoms with van der Waals surface area (Å²) in [4.78, 5) is 38.3. The number of piperidine rings is 2. The Balaban J connectivity index is 0.000000180. The topological polar surface area (TPSA) is 133 Å². The van der Waals surface area contributed by atoms with Crippen LogP contribution in [0, 0.1) is 35.3 Å². The van der Waals surface area contributed by atoms with Crippen LogP contribution in [0.15, 0.2) is 140 Å². The fraction of sp³-hybridized carbons (Fsp3) is 0.254. The Kier molecular flexibility index (Phi) is 15.3. The molecule has 0 bridgehead atoms. The molecule has 2 saturated heterocycles. The van der Waals surface area contributed by atoms with E-state index < -0.39 is 22.8 Å². The lowest BCUT2D eigenvalue weighted by Crippen LogP contribution is -2.43. The fourth-order valence-electron chi connectivity index (χ4n) is 8.76. The van der Waals surface area contributed by atoms with E-state index in [4.69, 9.17) is 32.0 Å². The SMILES string of the molecule is CC1(O)CCN(Cc2cc(=O)c3cc(C#Cc4ncc(-c5ccc(Cl)cc5)cc4F)ccc3o2)CC1.CCC1(O)CCN(Cc2cc(=O)c3cc(C#Cc4ncc(-c5ccc(Cl)cc5)cc4F)ccc3o2)CC1. The molecule has 14 heteroatoms. The van der Waals surface area contributed by atoms with Crippen LogP contribution in [0.5, 0.6) is 0 Å². The number of hydrogen-bond donors (Lipinski definition) is 2. The molecule has 4 aromatic heterocycles. The number of aliphatic hydroxyl groups is 2. The van der Waals surface area contributed by atoms with E-state index in [1.165, 1.54) is 24.3 Å². The zero-order valence-corrected chi connectivity index (χ0v) is 41.7. The molecular weight excluding hydrogens is 970 g/mol. The van der Waals surface area contributed by atoms with Gasteiger partial charge in [-0.2, -0.15) is 0 Å².